The molecule has 2 aromatic heterocycles. The highest BCUT2D eigenvalue weighted by molar-refractivity contribution is 7.99. The van der Waals surface area contributed by atoms with Crippen molar-refractivity contribution in [3.63, 3.8) is 0 Å². The van der Waals surface area contributed by atoms with E-state index in [4.69, 9.17) is 4.74 Å². The monoisotopic (exact) mass is 511 g/mol. The Hall–Kier alpha value is -4.04. The van der Waals surface area contributed by atoms with Gasteiger partial charge in [-0.05, 0) is 48.7 Å². The number of amides is 1. The van der Waals surface area contributed by atoms with Crippen LogP contribution in [-0.4, -0.2) is 38.5 Å². The van der Waals surface area contributed by atoms with Gasteiger partial charge in [0.05, 0.1) is 18.6 Å². The number of aromatic nitrogens is 4. The summed E-state index contributed by atoms with van der Waals surface area (Å²) in [7, 11) is 1.64. The highest BCUT2D eigenvalue weighted by Crippen LogP contribution is 2.33. The second-order valence-corrected chi connectivity index (χ2v) is 9.67. The van der Waals surface area contributed by atoms with Crippen molar-refractivity contribution in [2.24, 2.45) is 0 Å². The number of ether oxygens (including phenoxy) is 1. The first-order valence-electron chi connectivity index (χ1n) is 12.3. The van der Waals surface area contributed by atoms with E-state index in [1.807, 2.05) is 65.4 Å². The Kier molecular flexibility index (Phi) is 7.56. The summed E-state index contributed by atoms with van der Waals surface area (Å²) in [5, 5.41) is 13.7. The van der Waals surface area contributed by atoms with E-state index in [0.717, 1.165) is 52.9 Å². The summed E-state index contributed by atoms with van der Waals surface area (Å²) in [6.07, 6.45) is 5.32. The molecule has 7 nitrogen and oxygen atoms in total. The molecule has 2 N–H and O–H groups in total. The second-order valence-electron chi connectivity index (χ2n) is 8.73. The summed E-state index contributed by atoms with van der Waals surface area (Å²) in [5.74, 6) is 1.52. The van der Waals surface area contributed by atoms with Gasteiger partial charge in [0.1, 0.15) is 5.75 Å². The third-order valence-corrected chi connectivity index (χ3v) is 7.09. The Balaban J connectivity index is 1.39. The van der Waals surface area contributed by atoms with Crippen molar-refractivity contribution in [1.29, 1.82) is 0 Å². The molecule has 0 saturated carbocycles. The van der Waals surface area contributed by atoms with E-state index in [0.29, 0.717) is 11.0 Å². The molecule has 0 saturated heterocycles. The molecule has 0 atom stereocenters. The van der Waals surface area contributed by atoms with Crippen LogP contribution < -0.4 is 10.1 Å². The smallest absolute Gasteiger partial charge is 0.234 e. The number of H-pyrrole nitrogens is 1. The quantitative estimate of drug-likeness (QED) is 0.209. The van der Waals surface area contributed by atoms with Crippen molar-refractivity contribution in [1.82, 2.24) is 19.7 Å². The maximum atomic E-state index is 12.8. The molecule has 8 heteroatoms. The normalized spacial score (nSPS) is 11.1. The van der Waals surface area contributed by atoms with Gasteiger partial charge in [-0.3, -0.25) is 9.36 Å². The van der Waals surface area contributed by atoms with Gasteiger partial charge in [-0.25, -0.2) is 0 Å². The minimum Gasteiger partial charge on any atom is -0.497 e. The minimum atomic E-state index is -0.0971. The van der Waals surface area contributed by atoms with Crippen LogP contribution in [0.5, 0.6) is 5.75 Å². The zero-order valence-electron chi connectivity index (χ0n) is 20.9. The number of methoxy groups -OCH3 is 1. The Morgan fingerprint density at radius 3 is 2.70 bits per heavy atom. The third-order valence-electron chi connectivity index (χ3n) is 6.16. The van der Waals surface area contributed by atoms with Crippen LogP contribution in [0.15, 0.2) is 84.1 Å². The fourth-order valence-electron chi connectivity index (χ4n) is 4.24. The van der Waals surface area contributed by atoms with Crippen molar-refractivity contribution in [2.75, 3.05) is 18.2 Å². The van der Waals surface area contributed by atoms with Crippen LogP contribution in [0.4, 0.5) is 5.69 Å². The lowest BCUT2D eigenvalue weighted by Crippen LogP contribution is -2.14. The molecule has 2 heterocycles. The van der Waals surface area contributed by atoms with Crippen molar-refractivity contribution < 1.29 is 9.53 Å². The van der Waals surface area contributed by atoms with Crippen LogP contribution in [0.1, 0.15) is 25.3 Å². The van der Waals surface area contributed by atoms with Gasteiger partial charge in [0.2, 0.25) is 5.91 Å². The number of aryl methyl sites for hydroxylation is 1. The van der Waals surface area contributed by atoms with E-state index < -0.39 is 0 Å². The van der Waals surface area contributed by atoms with Crippen LogP contribution >= 0.6 is 11.8 Å². The van der Waals surface area contributed by atoms with Crippen molar-refractivity contribution in [3.8, 4) is 22.8 Å². The Labute approximate surface area is 220 Å². The van der Waals surface area contributed by atoms with Crippen LogP contribution in [-0.2, 0) is 11.2 Å². The van der Waals surface area contributed by atoms with Crippen molar-refractivity contribution in [3.05, 3.63) is 84.6 Å². The van der Waals surface area contributed by atoms with Crippen LogP contribution in [0.3, 0.4) is 0 Å². The topological polar surface area (TPSA) is 84.8 Å². The summed E-state index contributed by atoms with van der Waals surface area (Å²) >= 11 is 1.35. The molecule has 3 aromatic carbocycles. The molecule has 5 aromatic rings. The lowest BCUT2D eigenvalue weighted by Gasteiger charge is -2.11. The standard InChI is InChI=1S/C29H29N5O2S/c1-3-4-8-20-13-15-21(16-14-20)31-27(35)19-37-29-33-32-28(25-18-30-26-12-6-5-11-24(25)26)34(29)22-9-7-10-23(17-22)36-2/h5-7,9-18,30H,3-4,8,19H2,1-2H3,(H,31,35). The number of fused-ring (bicyclic) bond motifs is 1. The number of aromatic amines is 1. The van der Waals surface area contributed by atoms with Gasteiger partial charge in [-0.15, -0.1) is 10.2 Å². The number of para-hydroxylation sites is 1. The van der Waals surface area contributed by atoms with Gasteiger partial charge in [0.25, 0.3) is 0 Å². The van der Waals surface area contributed by atoms with E-state index in [-0.39, 0.29) is 11.7 Å². The van der Waals surface area contributed by atoms with Gasteiger partial charge in [-0.2, -0.15) is 0 Å². The fourth-order valence-corrected chi connectivity index (χ4v) is 4.99. The zero-order chi connectivity index (χ0) is 25.6. The maximum absolute atomic E-state index is 12.8. The first-order chi connectivity index (χ1) is 18.2. The number of hydrogen-bond acceptors (Lipinski definition) is 5. The average molecular weight is 512 g/mol. The molecule has 188 valence electrons. The highest BCUT2D eigenvalue weighted by Gasteiger charge is 2.20. The molecule has 0 aliphatic rings. The molecule has 0 aliphatic carbocycles. The number of anilines is 1. The summed E-state index contributed by atoms with van der Waals surface area (Å²) in [6, 6.07) is 23.9. The number of benzene rings is 3. The number of unbranched alkanes of at least 4 members (excludes halogenated alkanes) is 1. The molecule has 0 unspecified atom stereocenters. The van der Waals surface area contributed by atoms with Gasteiger partial charge < -0.3 is 15.0 Å². The molecule has 5 rings (SSSR count). The molecule has 0 spiro atoms. The molecular weight excluding hydrogens is 482 g/mol. The van der Waals surface area contributed by atoms with Gasteiger partial charge >= 0.3 is 0 Å². The first kappa shape index (κ1) is 24.6. The summed E-state index contributed by atoms with van der Waals surface area (Å²) in [5.41, 5.74) is 4.89. The zero-order valence-corrected chi connectivity index (χ0v) is 21.7. The van der Waals surface area contributed by atoms with Crippen LogP contribution in [0, 0.1) is 0 Å². The number of hydrogen-bond donors (Lipinski definition) is 2. The summed E-state index contributed by atoms with van der Waals surface area (Å²) in [4.78, 5) is 16.1. The van der Waals surface area contributed by atoms with Crippen LogP contribution in [0.25, 0.3) is 28.0 Å². The van der Waals surface area contributed by atoms with Gasteiger partial charge in [0.15, 0.2) is 11.0 Å². The van der Waals surface area contributed by atoms with E-state index in [2.05, 4.69) is 45.6 Å². The predicted octanol–water partition coefficient (Wildman–Crippen LogP) is 6.50. The van der Waals surface area contributed by atoms with Crippen molar-refractivity contribution >= 4 is 34.3 Å². The number of nitrogens with one attached hydrogen (secondary N) is 2. The van der Waals surface area contributed by atoms with Gasteiger partial charge in [-0.1, -0.05) is 61.5 Å². The average Bonchev–Trinajstić information content (AvgIpc) is 3.55. The number of rotatable bonds is 10. The Morgan fingerprint density at radius 2 is 1.89 bits per heavy atom. The molecule has 1 amide bonds. The van der Waals surface area contributed by atoms with Gasteiger partial charge in [0, 0.05) is 34.4 Å². The highest BCUT2D eigenvalue weighted by atomic mass is 32.2. The minimum absolute atomic E-state index is 0.0971. The maximum Gasteiger partial charge on any atom is 0.234 e. The van der Waals surface area contributed by atoms with E-state index >= 15 is 0 Å². The molecule has 0 bridgehead atoms. The molecule has 0 fully saturated rings. The Bertz CT molecular complexity index is 1510. The number of nitrogens with zero attached hydrogens (tertiary/aromatic N) is 3. The number of carbonyl (C=O) groups excluding carboxylic acids is 1. The molecule has 0 aliphatic heterocycles. The van der Waals surface area contributed by atoms with E-state index in [1.54, 1.807) is 7.11 Å². The Morgan fingerprint density at radius 1 is 1.05 bits per heavy atom. The molecular formula is C29H29N5O2S. The summed E-state index contributed by atoms with van der Waals surface area (Å²) < 4.78 is 7.43. The predicted molar refractivity (Wildman–Crippen MR) is 150 cm³/mol. The fraction of sp³-hybridized carbons (Fsp3) is 0.207. The summed E-state index contributed by atoms with van der Waals surface area (Å²) in [6.45, 7) is 2.19. The number of thioether (sulfide) groups is 1. The van der Waals surface area contributed by atoms with Crippen LogP contribution in [0.2, 0.25) is 0 Å². The second kappa shape index (κ2) is 11.3. The first-order valence-corrected chi connectivity index (χ1v) is 13.3. The van der Waals surface area contributed by atoms with E-state index in [1.165, 1.54) is 17.3 Å². The van der Waals surface area contributed by atoms with E-state index in [9.17, 15) is 4.79 Å². The van der Waals surface area contributed by atoms with Crippen molar-refractivity contribution in [2.45, 2.75) is 31.3 Å². The molecule has 37 heavy (non-hydrogen) atoms. The SMILES string of the molecule is CCCCc1ccc(NC(=O)CSc2nnc(-c3c[nH]c4ccccc34)n2-c2cccc(OC)c2)cc1. The third kappa shape index (κ3) is 5.54. The lowest BCUT2D eigenvalue weighted by atomic mass is 10.1. The largest absolute Gasteiger partial charge is 0.497 e. The number of carbonyl (C=O) groups is 1. The lowest BCUT2D eigenvalue weighted by molar-refractivity contribution is -0.113. The molecule has 0 radical (unpaired) electrons.